The van der Waals surface area contributed by atoms with Gasteiger partial charge in [0.2, 0.25) is 47.1 Å². The van der Waals surface area contributed by atoms with E-state index in [-0.39, 0.29) is 113 Å². The third kappa shape index (κ3) is 9.24. The van der Waals surface area contributed by atoms with Crippen molar-refractivity contribution in [3.8, 4) is 17.2 Å². The Morgan fingerprint density at radius 3 is 2.21 bits per heavy atom. The molecule has 2 heterocycles. The topological polar surface area (TPSA) is 258 Å². The normalized spacial score (nSPS) is 19.7. The molecule has 6 N–H and O–H groups in total. The molecule has 18 nitrogen and oxygen atoms in total. The van der Waals surface area contributed by atoms with E-state index in [1.807, 2.05) is 0 Å². The number of methoxy groups -OCH3 is 1. The zero-order valence-electron chi connectivity index (χ0n) is 35.3. The number of thioether (sulfide) groups is 1. The summed E-state index contributed by atoms with van der Waals surface area (Å²) in [6.45, 7) is 1.82. The van der Waals surface area contributed by atoms with Crippen molar-refractivity contribution in [2.24, 2.45) is 11.3 Å². The van der Waals surface area contributed by atoms with Crippen molar-refractivity contribution in [1.29, 1.82) is 0 Å². The highest BCUT2D eigenvalue weighted by atomic mass is 32.2. The number of nitrogens with zero attached hydrogens (tertiary/aromatic N) is 2. The highest BCUT2D eigenvalue weighted by Gasteiger charge is 2.54. The molecule has 336 valence electrons. The van der Waals surface area contributed by atoms with Crippen molar-refractivity contribution < 1.29 is 58.1 Å². The minimum absolute atomic E-state index is 0.0249. The van der Waals surface area contributed by atoms with Crippen molar-refractivity contribution in [3.63, 3.8) is 0 Å². The number of rotatable bonds is 17. The number of fused-ring (bicyclic) bond motifs is 3. The molecule has 2 aromatic rings. The number of carbonyl (C=O) groups excluding carboxylic acids is 9. The Morgan fingerprint density at radius 2 is 1.51 bits per heavy atom. The smallest absolute Gasteiger partial charge is 0.242 e. The van der Waals surface area contributed by atoms with E-state index in [9.17, 15) is 53.4 Å². The van der Waals surface area contributed by atoms with Crippen LogP contribution in [-0.4, -0.2) is 136 Å². The van der Waals surface area contributed by atoms with Crippen molar-refractivity contribution in [3.05, 3.63) is 51.6 Å². The number of hydrogen-bond donors (Lipinski definition) is 6. The molecule has 0 aromatic heterocycles. The number of benzene rings is 2. The maximum absolute atomic E-state index is 13.5. The molecule has 2 aliphatic heterocycles. The molecule has 0 bridgehead atoms. The Kier molecular flexibility index (Phi) is 13.4. The van der Waals surface area contributed by atoms with Crippen molar-refractivity contribution >= 4 is 64.7 Å². The maximum Gasteiger partial charge on any atom is 0.242 e. The molecule has 19 heteroatoms. The predicted octanol–water partition coefficient (Wildman–Crippen LogP) is 0.884. The summed E-state index contributed by atoms with van der Waals surface area (Å²) in [4.78, 5) is 118. The van der Waals surface area contributed by atoms with Crippen LogP contribution < -0.4 is 26.0 Å². The molecule has 1 unspecified atom stereocenters. The van der Waals surface area contributed by atoms with Gasteiger partial charge in [-0.25, -0.2) is 0 Å². The van der Waals surface area contributed by atoms with E-state index >= 15 is 0 Å². The van der Waals surface area contributed by atoms with Gasteiger partial charge in [0.15, 0.2) is 5.78 Å². The summed E-state index contributed by atoms with van der Waals surface area (Å²) in [5.74, 6) is -4.50. The number of phenolic OH excluding ortho intramolecular Hbond substituents is 2. The first-order valence-electron chi connectivity index (χ1n) is 21.3. The molecule has 3 aliphatic carbocycles. The van der Waals surface area contributed by atoms with Gasteiger partial charge in [0, 0.05) is 66.5 Å². The van der Waals surface area contributed by atoms with Gasteiger partial charge >= 0.3 is 0 Å². The Bertz CT molecular complexity index is 2270. The second kappa shape index (κ2) is 18.8. The molecule has 1 saturated carbocycles. The third-order valence-corrected chi connectivity index (χ3v) is 14.0. The molecule has 7 rings (SSSR count). The highest BCUT2D eigenvalue weighted by Crippen LogP contribution is 2.50. The number of ketones is 2. The van der Waals surface area contributed by atoms with Crippen LogP contribution >= 0.6 is 11.8 Å². The molecular weight excluding hydrogens is 837 g/mol. The lowest BCUT2D eigenvalue weighted by Gasteiger charge is -2.59. The SMILES string of the molecule is CCCCCSC1CC(=O)N(CCC(=O)NCC(=O)NCC(=O)NCC(=O)N2CC3(CC(NC(=O)[C@H]4CCc5c(O)c6c(c(O)c5C4)C(=O)c4cccc(OC)c4C6=O)C3)C2)C1=O. The van der Waals surface area contributed by atoms with Gasteiger partial charge in [-0.3, -0.25) is 48.1 Å². The Hall–Kier alpha value is -5.98. The van der Waals surface area contributed by atoms with Gasteiger partial charge in [0.25, 0.3) is 0 Å². The minimum Gasteiger partial charge on any atom is -0.507 e. The standard InChI is InChI=1S/C44H52N6O12S/c1-3-4-5-13-63-29-15-33(54)50(43(29)61)12-11-30(51)45-18-31(52)46-19-32(53)47-20-34(55)49-21-44(22-49)16-24(17-44)48-42(60)23-9-10-25-27(14-23)40(58)36-37(38(25)56)41(59)35-26(39(36)57)7-6-8-28(35)62-2/h6-8,23-24,29,56,58H,3-5,9-22H2,1-2H3,(H,45,51)(H,46,52)(H,47,53)(H,48,60)/t23-,29?/m0/s1. The summed E-state index contributed by atoms with van der Waals surface area (Å²) in [6, 6.07) is 4.44. The largest absolute Gasteiger partial charge is 0.507 e. The lowest BCUT2D eigenvalue weighted by atomic mass is 9.60. The van der Waals surface area contributed by atoms with Crippen molar-refractivity contribution in [2.75, 3.05) is 52.1 Å². The Morgan fingerprint density at radius 1 is 0.841 bits per heavy atom. The number of carbonyl (C=O) groups is 9. The van der Waals surface area contributed by atoms with Gasteiger partial charge in [-0.1, -0.05) is 31.9 Å². The summed E-state index contributed by atoms with van der Waals surface area (Å²) in [5.41, 5.74) is -0.00598. The molecular formula is C44H52N6O12S. The molecule has 2 saturated heterocycles. The van der Waals surface area contributed by atoms with Crippen LogP contribution in [0.1, 0.15) is 101 Å². The van der Waals surface area contributed by atoms with Crippen LogP contribution in [-0.2, 0) is 46.4 Å². The van der Waals surface area contributed by atoms with Gasteiger partial charge < -0.3 is 41.1 Å². The van der Waals surface area contributed by atoms with E-state index in [4.69, 9.17) is 4.74 Å². The zero-order chi connectivity index (χ0) is 45.2. The van der Waals surface area contributed by atoms with Gasteiger partial charge in [-0.15, -0.1) is 11.8 Å². The highest BCUT2D eigenvalue weighted by molar-refractivity contribution is 8.00. The molecule has 0 radical (unpaired) electrons. The van der Waals surface area contributed by atoms with Crippen LogP contribution in [0.2, 0.25) is 0 Å². The molecule has 2 atom stereocenters. The molecule has 1 spiro atoms. The number of imide groups is 1. The summed E-state index contributed by atoms with van der Waals surface area (Å²) >= 11 is 1.46. The fourth-order valence-corrected chi connectivity index (χ4v) is 10.5. The average Bonchev–Trinajstić information content (AvgIpc) is 3.52. The lowest BCUT2D eigenvalue weighted by molar-refractivity contribution is -0.153. The minimum atomic E-state index is -0.635. The Balaban J connectivity index is 0.778. The third-order valence-electron chi connectivity index (χ3n) is 12.7. The number of aromatic hydroxyl groups is 2. The predicted molar refractivity (Wildman–Crippen MR) is 226 cm³/mol. The van der Waals surface area contributed by atoms with E-state index in [1.54, 1.807) is 17.0 Å². The van der Waals surface area contributed by atoms with Crippen LogP contribution in [0.4, 0.5) is 0 Å². The number of ether oxygens (including phenoxy) is 1. The van der Waals surface area contributed by atoms with Crippen molar-refractivity contribution in [2.45, 2.75) is 82.4 Å². The fourth-order valence-electron chi connectivity index (χ4n) is 9.30. The molecule has 2 aromatic carbocycles. The van der Waals surface area contributed by atoms with E-state index in [1.165, 1.54) is 24.9 Å². The summed E-state index contributed by atoms with van der Waals surface area (Å²) in [7, 11) is 1.37. The maximum atomic E-state index is 13.5. The van der Waals surface area contributed by atoms with Crippen LogP contribution in [0.15, 0.2) is 18.2 Å². The number of likely N-dealkylation sites (tertiary alicyclic amines) is 2. The summed E-state index contributed by atoms with van der Waals surface area (Å²) in [5, 5.41) is 32.5. The number of phenols is 2. The van der Waals surface area contributed by atoms with Crippen LogP contribution in [0, 0.1) is 11.3 Å². The number of amides is 7. The first kappa shape index (κ1) is 45.1. The number of unbranched alkanes of at least 4 members (excludes halogenated alkanes) is 2. The van der Waals surface area contributed by atoms with E-state index in [2.05, 4.69) is 28.2 Å². The van der Waals surface area contributed by atoms with Gasteiger partial charge in [-0.05, 0) is 50.3 Å². The van der Waals surface area contributed by atoms with Gasteiger partial charge in [0.1, 0.15) is 17.2 Å². The van der Waals surface area contributed by atoms with Crippen LogP contribution in [0.3, 0.4) is 0 Å². The van der Waals surface area contributed by atoms with Crippen molar-refractivity contribution in [1.82, 2.24) is 31.1 Å². The first-order chi connectivity index (χ1) is 30.1. The van der Waals surface area contributed by atoms with Gasteiger partial charge in [-0.2, -0.15) is 0 Å². The fraction of sp³-hybridized carbons (Fsp3) is 0.523. The van der Waals surface area contributed by atoms with Crippen LogP contribution in [0.5, 0.6) is 17.2 Å². The molecule has 63 heavy (non-hydrogen) atoms. The van der Waals surface area contributed by atoms with Crippen LogP contribution in [0.25, 0.3) is 0 Å². The Labute approximate surface area is 367 Å². The summed E-state index contributed by atoms with van der Waals surface area (Å²) < 4.78 is 5.30. The second-order valence-electron chi connectivity index (χ2n) is 17.0. The van der Waals surface area contributed by atoms with Gasteiger partial charge in [0.05, 0.1) is 48.7 Å². The first-order valence-corrected chi connectivity index (χ1v) is 22.4. The molecule has 7 amide bonds. The molecule has 5 aliphatic rings. The lowest BCUT2D eigenvalue weighted by Crippen LogP contribution is -2.68. The molecule has 3 fully saturated rings. The van der Waals surface area contributed by atoms with E-state index in [0.29, 0.717) is 37.9 Å². The average molecular weight is 889 g/mol. The monoisotopic (exact) mass is 888 g/mol. The number of nitrogens with one attached hydrogen (secondary N) is 4. The number of hydrogen-bond acceptors (Lipinski definition) is 13. The summed E-state index contributed by atoms with van der Waals surface area (Å²) in [6.07, 6.45) is 4.96. The second-order valence-corrected chi connectivity index (χ2v) is 18.3. The quantitative estimate of drug-likeness (QED) is 0.0626. The van der Waals surface area contributed by atoms with E-state index < -0.39 is 59.3 Å². The van der Waals surface area contributed by atoms with E-state index in [0.717, 1.165) is 29.9 Å². The zero-order valence-corrected chi connectivity index (χ0v) is 36.1.